The molecule has 1 saturated heterocycles. The molecule has 10 heteroatoms. The van der Waals surface area contributed by atoms with Crippen molar-refractivity contribution in [3.05, 3.63) is 71.9 Å². The predicted molar refractivity (Wildman–Crippen MR) is 114 cm³/mol. The van der Waals surface area contributed by atoms with Crippen molar-refractivity contribution in [2.24, 2.45) is 0 Å². The Balaban J connectivity index is 1.31. The van der Waals surface area contributed by atoms with Gasteiger partial charge in [0.15, 0.2) is 5.82 Å². The fourth-order valence-corrected chi connectivity index (χ4v) is 3.58. The Morgan fingerprint density at radius 2 is 1.88 bits per heavy atom. The Hall–Kier alpha value is -4.26. The normalized spacial score (nSPS) is 13.9. The number of piperidine rings is 1. The Morgan fingerprint density at radius 1 is 1.12 bits per heavy atom. The molecular weight excluding hydrogens is 413 g/mol. The van der Waals surface area contributed by atoms with Crippen LogP contribution in [0.25, 0.3) is 5.69 Å². The number of carbonyl (C=O) groups excluding carboxylic acids is 2. The highest BCUT2D eigenvalue weighted by atomic mass is 19.1. The van der Waals surface area contributed by atoms with E-state index in [1.165, 1.54) is 23.0 Å². The van der Waals surface area contributed by atoms with Gasteiger partial charge in [-0.3, -0.25) is 15.1 Å². The predicted octanol–water partition coefficient (Wildman–Crippen LogP) is 2.70. The number of likely N-dealkylation sites (tertiary alicyclic amines) is 1. The number of aromatic nitrogens is 3. The number of nitrogens with one attached hydrogen (secondary N) is 2. The topological polar surface area (TPSA) is 116 Å². The van der Waals surface area contributed by atoms with Gasteiger partial charge in [0.2, 0.25) is 0 Å². The third kappa shape index (κ3) is 4.57. The van der Waals surface area contributed by atoms with Gasteiger partial charge in [0.1, 0.15) is 17.4 Å². The van der Waals surface area contributed by atoms with E-state index in [0.717, 1.165) is 0 Å². The van der Waals surface area contributed by atoms with Crippen LogP contribution in [0.1, 0.15) is 28.8 Å². The second kappa shape index (κ2) is 9.26. The molecule has 2 aromatic heterocycles. The lowest BCUT2D eigenvalue weighted by Gasteiger charge is -2.32. The highest BCUT2D eigenvalue weighted by molar-refractivity contribution is 5.94. The van der Waals surface area contributed by atoms with Crippen molar-refractivity contribution < 1.29 is 14.0 Å². The van der Waals surface area contributed by atoms with Crippen LogP contribution < -0.4 is 10.6 Å². The van der Waals surface area contributed by atoms with Crippen molar-refractivity contribution in [1.29, 1.82) is 5.26 Å². The zero-order chi connectivity index (χ0) is 22.5. The fraction of sp³-hybridized carbons (Fsp3) is 0.227. The second-order valence-corrected chi connectivity index (χ2v) is 7.29. The van der Waals surface area contributed by atoms with E-state index in [-0.39, 0.29) is 29.0 Å². The lowest BCUT2D eigenvalue weighted by atomic mass is 10.0. The van der Waals surface area contributed by atoms with Gasteiger partial charge in [0.05, 0.1) is 5.69 Å². The number of hydrogen-bond acceptors (Lipinski definition) is 5. The molecule has 0 spiro atoms. The van der Waals surface area contributed by atoms with Gasteiger partial charge in [-0.25, -0.2) is 13.9 Å². The largest absolute Gasteiger partial charge is 0.338 e. The van der Waals surface area contributed by atoms with Crippen LogP contribution in [0.5, 0.6) is 0 Å². The number of carbonyl (C=O) groups is 2. The summed E-state index contributed by atoms with van der Waals surface area (Å²) in [6.07, 6.45) is 5.97. The first-order chi connectivity index (χ1) is 15.5. The van der Waals surface area contributed by atoms with Gasteiger partial charge in [-0.1, -0.05) is 6.07 Å². The summed E-state index contributed by atoms with van der Waals surface area (Å²) in [5, 5.41) is 18.9. The van der Waals surface area contributed by atoms with Gasteiger partial charge in [0, 0.05) is 49.4 Å². The van der Waals surface area contributed by atoms with E-state index in [9.17, 15) is 19.2 Å². The molecule has 1 aliphatic heterocycles. The van der Waals surface area contributed by atoms with Crippen LogP contribution >= 0.6 is 0 Å². The number of anilines is 1. The van der Waals surface area contributed by atoms with E-state index < -0.39 is 11.8 Å². The molecule has 1 fully saturated rings. The minimum absolute atomic E-state index is 0.0464. The standard InChI is InChI=1S/C22H20FN7O2/c23-18-2-1-3-19(17(18)14-24)30-13-8-20(28-30)27-22(32)26-16-6-11-29(12-7-16)21(31)15-4-9-25-10-5-15/h1-5,8-10,13,16H,6-7,11-12H2,(H2,26,27,28,32). The molecule has 0 unspecified atom stereocenters. The molecule has 0 bridgehead atoms. The molecule has 9 nitrogen and oxygen atoms in total. The molecular formula is C22H20FN7O2. The highest BCUT2D eigenvalue weighted by Gasteiger charge is 2.24. The van der Waals surface area contributed by atoms with Gasteiger partial charge in [-0.2, -0.15) is 5.26 Å². The third-order valence-electron chi connectivity index (χ3n) is 5.23. The first-order valence-electron chi connectivity index (χ1n) is 10.1. The number of urea groups is 1. The van der Waals surface area contributed by atoms with E-state index >= 15 is 0 Å². The Labute approximate surface area is 183 Å². The number of nitrogens with zero attached hydrogens (tertiary/aromatic N) is 5. The summed E-state index contributed by atoms with van der Waals surface area (Å²) in [4.78, 5) is 30.6. The van der Waals surface area contributed by atoms with Crippen molar-refractivity contribution in [3.8, 4) is 11.8 Å². The minimum Gasteiger partial charge on any atom is -0.338 e. The molecule has 1 aliphatic rings. The van der Waals surface area contributed by atoms with Crippen molar-refractivity contribution in [3.63, 3.8) is 0 Å². The van der Waals surface area contributed by atoms with Crippen LogP contribution in [-0.4, -0.2) is 50.7 Å². The third-order valence-corrected chi connectivity index (χ3v) is 5.23. The lowest BCUT2D eigenvalue weighted by Crippen LogP contribution is -2.47. The van der Waals surface area contributed by atoms with Crippen molar-refractivity contribution in [2.45, 2.75) is 18.9 Å². The molecule has 3 aromatic rings. The number of nitriles is 1. The highest BCUT2D eigenvalue weighted by Crippen LogP contribution is 2.18. The molecule has 1 aromatic carbocycles. The SMILES string of the molecule is N#Cc1c(F)cccc1-n1ccc(NC(=O)NC2CCN(C(=O)c3ccncc3)CC2)n1. The zero-order valence-electron chi connectivity index (χ0n) is 17.0. The summed E-state index contributed by atoms with van der Waals surface area (Å²) in [7, 11) is 0. The molecule has 4 rings (SSSR count). The molecule has 2 N–H and O–H groups in total. The summed E-state index contributed by atoms with van der Waals surface area (Å²) in [5.74, 6) is -0.419. The second-order valence-electron chi connectivity index (χ2n) is 7.29. The molecule has 0 aliphatic carbocycles. The van der Waals surface area contributed by atoms with Gasteiger partial charge in [0.25, 0.3) is 5.91 Å². The molecule has 0 saturated carbocycles. The summed E-state index contributed by atoms with van der Waals surface area (Å²) in [6, 6.07) is 10.5. The fourth-order valence-electron chi connectivity index (χ4n) is 3.58. The summed E-state index contributed by atoms with van der Waals surface area (Å²) in [5.41, 5.74) is 0.754. The van der Waals surface area contributed by atoms with Crippen LogP contribution in [0.4, 0.5) is 15.0 Å². The van der Waals surface area contributed by atoms with Gasteiger partial charge in [-0.05, 0) is 37.1 Å². The van der Waals surface area contributed by atoms with Crippen LogP contribution in [0.3, 0.4) is 0 Å². The first-order valence-corrected chi connectivity index (χ1v) is 10.1. The number of pyridine rings is 1. The van der Waals surface area contributed by atoms with Crippen molar-refractivity contribution in [1.82, 2.24) is 25.0 Å². The lowest BCUT2D eigenvalue weighted by molar-refractivity contribution is 0.0708. The van der Waals surface area contributed by atoms with Crippen LogP contribution in [0, 0.1) is 17.1 Å². The van der Waals surface area contributed by atoms with E-state index in [1.54, 1.807) is 41.6 Å². The van der Waals surface area contributed by atoms with E-state index in [4.69, 9.17) is 0 Å². The van der Waals surface area contributed by atoms with Gasteiger partial charge in [-0.15, -0.1) is 5.10 Å². The summed E-state index contributed by atoms with van der Waals surface area (Å²) >= 11 is 0. The molecule has 3 heterocycles. The molecule has 3 amide bonds. The number of amides is 3. The molecule has 0 atom stereocenters. The number of rotatable bonds is 4. The van der Waals surface area contributed by atoms with Crippen molar-refractivity contribution >= 4 is 17.8 Å². The maximum atomic E-state index is 13.8. The number of hydrogen-bond donors (Lipinski definition) is 2. The smallest absolute Gasteiger partial charge is 0.320 e. The maximum absolute atomic E-state index is 13.8. The van der Waals surface area contributed by atoms with Crippen LogP contribution in [0.2, 0.25) is 0 Å². The van der Waals surface area contributed by atoms with Gasteiger partial charge >= 0.3 is 6.03 Å². The van der Waals surface area contributed by atoms with E-state index in [0.29, 0.717) is 31.5 Å². The van der Waals surface area contributed by atoms with Crippen molar-refractivity contribution in [2.75, 3.05) is 18.4 Å². The van der Waals surface area contributed by atoms with Crippen LogP contribution in [-0.2, 0) is 0 Å². The number of halogens is 1. The first kappa shape index (κ1) is 21.0. The number of benzene rings is 1. The monoisotopic (exact) mass is 433 g/mol. The summed E-state index contributed by atoms with van der Waals surface area (Å²) in [6.45, 7) is 1.08. The Morgan fingerprint density at radius 3 is 2.59 bits per heavy atom. The summed E-state index contributed by atoms with van der Waals surface area (Å²) < 4.78 is 15.2. The molecule has 32 heavy (non-hydrogen) atoms. The van der Waals surface area contributed by atoms with E-state index in [2.05, 4.69) is 20.7 Å². The quantitative estimate of drug-likeness (QED) is 0.656. The maximum Gasteiger partial charge on any atom is 0.320 e. The minimum atomic E-state index is -0.637. The Kier molecular flexibility index (Phi) is 6.07. The van der Waals surface area contributed by atoms with Gasteiger partial charge < -0.3 is 10.2 Å². The Bertz CT molecular complexity index is 1160. The van der Waals surface area contributed by atoms with Crippen LogP contribution in [0.15, 0.2) is 55.0 Å². The zero-order valence-corrected chi connectivity index (χ0v) is 17.0. The average molecular weight is 433 g/mol. The molecule has 0 radical (unpaired) electrons. The van der Waals surface area contributed by atoms with E-state index in [1.807, 2.05) is 6.07 Å². The average Bonchev–Trinajstić information content (AvgIpc) is 3.27. The molecule has 162 valence electrons.